The molecule has 2 heterocycles. The van der Waals surface area contributed by atoms with E-state index in [2.05, 4.69) is 45.6 Å². The molecule has 2 aromatic rings. The van der Waals surface area contributed by atoms with Gasteiger partial charge in [0.15, 0.2) is 5.96 Å². The van der Waals surface area contributed by atoms with Gasteiger partial charge in [-0.3, -0.25) is 9.67 Å². The van der Waals surface area contributed by atoms with E-state index in [9.17, 15) is 0 Å². The predicted molar refractivity (Wildman–Crippen MR) is 105 cm³/mol. The Morgan fingerprint density at radius 1 is 1.42 bits per heavy atom. The third-order valence-electron chi connectivity index (χ3n) is 5.13. The lowest BCUT2D eigenvalue weighted by atomic mass is 10.0. The summed E-state index contributed by atoms with van der Waals surface area (Å²) in [5.41, 5.74) is 2.53. The fraction of sp³-hybridized carbons (Fsp3) is 0.500. The number of nitrogens with one attached hydrogen (secondary N) is 1. The molecule has 1 aliphatic heterocycles. The van der Waals surface area contributed by atoms with Crippen molar-refractivity contribution in [1.82, 2.24) is 20.0 Å². The molecule has 6 heteroatoms. The van der Waals surface area contributed by atoms with Gasteiger partial charge in [-0.1, -0.05) is 25.1 Å². The summed E-state index contributed by atoms with van der Waals surface area (Å²) in [6, 6.07) is 8.20. The molecule has 0 aliphatic carbocycles. The van der Waals surface area contributed by atoms with Gasteiger partial charge in [0.05, 0.1) is 13.3 Å². The lowest BCUT2D eigenvalue weighted by molar-refractivity contribution is 0.405. The second kappa shape index (κ2) is 8.25. The summed E-state index contributed by atoms with van der Waals surface area (Å²) in [5.74, 6) is 2.77. The highest BCUT2D eigenvalue weighted by Crippen LogP contribution is 2.28. The Balaban J connectivity index is 1.58. The smallest absolute Gasteiger partial charge is 0.193 e. The van der Waals surface area contributed by atoms with Crippen LogP contribution in [0.2, 0.25) is 0 Å². The standard InChI is InChI=1S/C20H29N5O/c1-15(18-7-5-6-8-19(18)26-4)11-22-20(21-2)25-10-9-16(14-25)17-12-23-24(3)13-17/h5-8,12-13,15-16H,9-11,14H2,1-4H3,(H,21,22). The number of hydrogen-bond acceptors (Lipinski definition) is 3. The average molecular weight is 355 g/mol. The average Bonchev–Trinajstić information content (AvgIpc) is 3.31. The minimum absolute atomic E-state index is 0.333. The zero-order valence-electron chi connectivity index (χ0n) is 16.1. The number of aryl methyl sites for hydroxylation is 1. The number of para-hydroxylation sites is 1. The van der Waals surface area contributed by atoms with Crippen molar-refractivity contribution in [2.45, 2.75) is 25.2 Å². The summed E-state index contributed by atoms with van der Waals surface area (Å²) in [5, 5.41) is 7.84. The van der Waals surface area contributed by atoms with E-state index in [0.29, 0.717) is 11.8 Å². The summed E-state index contributed by atoms with van der Waals surface area (Å²) < 4.78 is 7.36. The number of methoxy groups -OCH3 is 1. The Kier molecular flexibility index (Phi) is 5.81. The highest BCUT2D eigenvalue weighted by atomic mass is 16.5. The van der Waals surface area contributed by atoms with Crippen LogP contribution in [0.25, 0.3) is 0 Å². The highest BCUT2D eigenvalue weighted by Gasteiger charge is 2.27. The topological polar surface area (TPSA) is 54.7 Å². The van der Waals surface area contributed by atoms with E-state index >= 15 is 0 Å². The Labute approximate surface area is 155 Å². The minimum atomic E-state index is 0.333. The Morgan fingerprint density at radius 2 is 2.23 bits per heavy atom. The van der Waals surface area contributed by atoms with E-state index in [4.69, 9.17) is 4.74 Å². The number of benzene rings is 1. The molecule has 2 unspecified atom stereocenters. The molecule has 0 saturated carbocycles. The van der Waals surface area contributed by atoms with Crippen molar-refractivity contribution >= 4 is 5.96 Å². The highest BCUT2D eigenvalue weighted by molar-refractivity contribution is 5.80. The molecule has 6 nitrogen and oxygen atoms in total. The summed E-state index contributed by atoms with van der Waals surface area (Å²) >= 11 is 0. The maximum absolute atomic E-state index is 5.49. The van der Waals surface area contributed by atoms with Crippen molar-refractivity contribution in [3.8, 4) is 5.75 Å². The molecule has 3 rings (SSSR count). The van der Waals surface area contributed by atoms with Crippen molar-refractivity contribution in [2.75, 3.05) is 33.8 Å². The molecule has 1 saturated heterocycles. The quantitative estimate of drug-likeness (QED) is 0.662. The first-order chi connectivity index (χ1) is 12.6. The Hall–Kier alpha value is -2.50. The lowest BCUT2D eigenvalue weighted by Crippen LogP contribution is -2.41. The first-order valence-electron chi connectivity index (χ1n) is 9.19. The third kappa shape index (κ3) is 4.00. The SMILES string of the molecule is CN=C(NCC(C)c1ccccc1OC)N1CCC(c2cnn(C)c2)C1. The fourth-order valence-corrected chi connectivity index (χ4v) is 3.64. The third-order valence-corrected chi connectivity index (χ3v) is 5.13. The van der Waals surface area contributed by atoms with E-state index in [0.717, 1.165) is 37.8 Å². The minimum Gasteiger partial charge on any atom is -0.496 e. The molecule has 1 aromatic heterocycles. The van der Waals surface area contributed by atoms with Gasteiger partial charge in [-0.25, -0.2) is 0 Å². The fourth-order valence-electron chi connectivity index (χ4n) is 3.64. The zero-order valence-corrected chi connectivity index (χ0v) is 16.1. The molecule has 0 amide bonds. The molecule has 0 radical (unpaired) electrons. The van der Waals surface area contributed by atoms with Gasteiger partial charge < -0.3 is 15.0 Å². The van der Waals surface area contributed by atoms with Gasteiger partial charge in [-0.15, -0.1) is 0 Å². The second-order valence-corrected chi connectivity index (χ2v) is 6.95. The first-order valence-corrected chi connectivity index (χ1v) is 9.19. The molecule has 26 heavy (non-hydrogen) atoms. The largest absolute Gasteiger partial charge is 0.496 e. The predicted octanol–water partition coefficient (Wildman–Crippen LogP) is 2.60. The summed E-state index contributed by atoms with van der Waals surface area (Å²) in [4.78, 5) is 6.83. The van der Waals surface area contributed by atoms with Crippen LogP contribution < -0.4 is 10.1 Å². The maximum atomic E-state index is 5.49. The maximum Gasteiger partial charge on any atom is 0.193 e. The van der Waals surface area contributed by atoms with Crippen LogP contribution in [0.5, 0.6) is 5.75 Å². The normalized spacial score (nSPS) is 18.8. The van der Waals surface area contributed by atoms with Crippen LogP contribution in [0, 0.1) is 0 Å². The summed E-state index contributed by atoms with van der Waals surface area (Å²) in [7, 11) is 5.55. The van der Waals surface area contributed by atoms with Gasteiger partial charge in [-0.05, 0) is 23.6 Å². The number of likely N-dealkylation sites (tertiary alicyclic amines) is 1. The van der Waals surface area contributed by atoms with E-state index in [1.165, 1.54) is 11.1 Å². The summed E-state index contributed by atoms with van der Waals surface area (Å²) in [6.45, 7) is 5.03. The van der Waals surface area contributed by atoms with Gasteiger partial charge in [0, 0.05) is 51.8 Å². The lowest BCUT2D eigenvalue weighted by Gasteiger charge is -2.24. The molecular formula is C20H29N5O. The van der Waals surface area contributed by atoms with Crippen LogP contribution in [0.15, 0.2) is 41.7 Å². The van der Waals surface area contributed by atoms with Crippen molar-refractivity contribution in [1.29, 1.82) is 0 Å². The van der Waals surface area contributed by atoms with Crippen molar-refractivity contribution in [2.24, 2.45) is 12.0 Å². The van der Waals surface area contributed by atoms with Crippen molar-refractivity contribution in [3.63, 3.8) is 0 Å². The number of nitrogens with zero attached hydrogens (tertiary/aromatic N) is 4. The van der Waals surface area contributed by atoms with Crippen molar-refractivity contribution in [3.05, 3.63) is 47.8 Å². The molecule has 2 atom stereocenters. The molecule has 0 spiro atoms. The Morgan fingerprint density at radius 3 is 2.92 bits per heavy atom. The van der Waals surface area contributed by atoms with Crippen LogP contribution >= 0.6 is 0 Å². The van der Waals surface area contributed by atoms with Gasteiger partial charge in [0.2, 0.25) is 0 Å². The van der Waals surface area contributed by atoms with Crippen molar-refractivity contribution < 1.29 is 4.74 Å². The van der Waals surface area contributed by atoms with Gasteiger partial charge in [-0.2, -0.15) is 5.10 Å². The van der Waals surface area contributed by atoms with E-state index in [1.54, 1.807) is 7.11 Å². The number of aliphatic imine (C=N–C) groups is 1. The molecule has 0 bridgehead atoms. The zero-order chi connectivity index (χ0) is 18.5. The molecular weight excluding hydrogens is 326 g/mol. The Bertz CT molecular complexity index is 754. The molecule has 1 N–H and O–H groups in total. The van der Waals surface area contributed by atoms with Crippen LogP contribution in [-0.4, -0.2) is 54.4 Å². The van der Waals surface area contributed by atoms with Gasteiger partial charge in [0.1, 0.15) is 5.75 Å². The summed E-state index contributed by atoms with van der Waals surface area (Å²) in [6.07, 6.45) is 5.23. The van der Waals surface area contributed by atoms with E-state index < -0.39 is 0 Å². The number of guanidine groups is 1. The molecule has 140 valence electrons. The number of rotatable bonds is 5. The van der Waals surface area contributed by atoms with Crippen LogP contribution in [0.1, 0.15) is 36.3 Å². The van der Waals surface area contributed by atoms with Crippen LogP contribution in [0.3, 0.4) is 0 Å². The van der Waals surface area contributed by atoms with Gasteiger partial charge >= 0.3 is 0 Å². The number of aromatic nitrogens is 2. The number of ether oxygens (including phenoxy) is 1. The van der Waals surface area contributed by atoms with Gasteiger partial charge in [0.25, 0.3) is 0 Å². The molecule has 1 aliphatic rings. The second-order valence-electron chi connectivity index (χ2n) is 6.95. The molecule has 1 fully saturated rings. The van der Waals surface area contributed by atoms with Crippen LogP contribution in [0.4, 0.5) is 0 Å². The number of hydrogen-bond donors (Lipinski definition) is 1. The molecule has 1 aromatic carbocycles. The van der Waals surface area contributed by atoms with Crippen LogP contribution in [-0.2, 0) is 7.05 Å². The first kappa shape index (κ1) is 18.3. The van der Waals surface area contributed by atoms with E-state index in [1.807, 2.05) is 37.1 Å². The van der Waals surface area contributed by atoms with E-state index in [-0.39, 0.29) is 0 Å². The monoisotopic (exact) mass is 355 g/mol.